The standard InChI is InChI=1S/C28H35Cl2N3O3/c1-21-16-22(2)33(31-21)13-5-15-35-24-7-3-6-23(17-24)19-32-12-4-10-28(34,11-14-32)20-36-25-8-9-26(29)27(30)18-25/h3,6-9,16-18,34H,4-5,10-15,19-20H2,1-2H3/t28-/m1/s1. The van der Waals surface area contributed by atoms with Gasteiger partial charge in [0, 0.05) is 37.8 Å². The van der Waals surface area contributed by atoms with Crippen LogP contribution in [0.25, 0.3) is 0 Å². The molecular weight excluding hydrogens is 497 g/mol. The molecule has 194 valence electrons. The molecule has 8 heteroatoms. The average molecular weight is 533 g/mol. The average Bonchev–Trinajstić information content (AvgIpc) is 3.05. The summed E-state index contributed by atoms with van der Waals surface area (Å²) >= 11 is 12.1. The van der Waals surface area contributed by atoms with Gasteiger partial charge in [0.05, 0.1) is 27.9 Å². The number of aryl methyl sites for hydroxylation is 3. The molecule has 1 aromatic heterocycles. The van der Waals surface area contributed by atoms with E-state index in [1.807, 2.05) is 23.7 Å². The summed E-state index contributed by atoms with van der Waals surface area (Å²) in [7, 11) is 0. The van der Waals surface area contributed by atoms with Crippen molar-refractivity contribution in [2.24, 2.45) is 0 Å². The van der Waals surface area contributed by atoms with E-state index in [1.165, 1.54) is 11.3 Å². The van der Waals surface area contributed by atoms with E-state index in [2.05, 4.69) is 35.1 Å². The molecule has 6 nitrogen and oxygen atoms in total. The van der Waals surface area contributed by atoms with E-state index in [0.717, 1.165) is 50.5 Å². The lowest BCUT2D eigenvalue weighted by Gasteiger charge is -2.27. The SMILES string of the molecule is Cc1cc(C)n(CCCOc2cccc(CN3CCC[C@](O)(COc4ccc(Cl)c(Cl)c4)CC3)c2)n1. The minimum absolute atomic E-state index is 0.236. The maximum Gasteiger partial charge on any atom is 0.121 e. The molecule has 1 atom stereocenters. The molecule has 2 heterocycles. The molecule has 36 heavy (non-hydrogen) atoms. The van der Waals surface area contributed by atoms with Crippen LogP contribution in [-0.2, 0) is 13.1 Å². The normalized spacial score (nSPS) is 18.7. The minimum atomic E-state index is -0.864. The van der Waals surface area contributed by atoms with Gasteiger partial charge in [0.15, 0.2) is 0 Å². The van der Waals surface area contributed by atoms with Crippen LogP contribution < -0.4 is 9.47 Å². The van der Waals surface area contributed by atoms with Crippen LogP contribution in [0.15, 0.2) is 48.5 Å². The minimum Gasteiger partial charge on any atom is -0.494 e. The third-order valence-corrected chi connectivity index (χ3v) is 7.34. The molecule has 0 unspecified atom stereocenters. The number of likely N-dealkylation sites (tertiary alicyclic amines) is 1. The zero-order valence-corrected chi connectivity index (χ0v) is 22.6. The molecule has 1 fully saturated rings. The Bertz CT molecular complexity index is 1150. The zero-order valence-electron chi connectivity index (χ0n) is 21.1. The van der Waals surface area contributed by atoms with Crippen LogP contribution in [0, 0.1) is 13.8 Å². The Morgan fingerprint density at radius 3 is 2.58 bits per heavy atom. The van der Waals surface area contributed by atoms with Crippen molar-refractivity contribution in [2.75, 3.05) is 26.3 Å². The first-order chi connectivity index (χ1) is 17.3. The van der Waals surface area contributed by atoms with Gasteiger partial charge in [-0.3, -0.25) is 9.58 Å². The van der Waals surface area contributed by atoms with Crippen LogP contribution in [0.1, 0.15) is 42.6 Å². The van der Waals surface area contributed by atoms with Crippen LogP contribution in [0.2, 0.25) is 10.0 Å². The third-order valence-electron chi connectivity index (χ3n) is 6.60. The van der Waals surface area contributed by atoms with E-state index in [1.54, 1.807) is 18.2 Å². The zero-order chi connectivity index (χ0) is 25.5. The van der Waals surface area contributed by atoms with E-state index in [-0.39, 0.29) is 6.61 Å². The number of aliphatic hydroxyl groups is 1. The van der Waals surface area contributed by atoms with E-state index in [9.17, 15) is 5.11 Å². The lowest BCUT2D eigenvalue weighted by Crippen LogP contribution is -2.37. The van der Waals surface area contributed by atoms with Gasteiger partial charge in [-0.05, 0) is 75.5 Å². The van der Waals surface area contributed by atoms with Crippen LogP contribution in [0.3, 0.4) is 0 Å². The third kappa shape index (κ3) is 7.62. The maximum atomic E-state index is 11.1. The molecule has 4 rings (SSSR count). The summed E-state index contributed by atoms with van der Waals surface area (Å²) in [6.45, 7) is 8.39. The summed E-state index contributed by atoms with van der Waals surface area (Å²) in [5, 5.41) is 16.6. The monoisotopic (exact) mass is 531 g/mol. The summed E-state index contributed by atoms with van der Waals surface area (Å²) in [4.78, 5) is 2.39. The molecule has 2 aromatic carbocycles. The van der Waals surface area contributed by atoms with Gasteiger partial charge >= 0.3 is 0 Å². The molecular formula is C28H35Cl2N3O3. The van der Waals surface area contributed by atoms with Gasteiger partial charge in [0.1, 0.15) is 18.1 Å². The topological polar surface area (TPSA) is 59.8 Å². The Balaban J connectivity index is 1.23. The lowest BCUT2D eigenvalue weighted by molar-refractivity contribution is -0.0168. The Hall–Kier alpha value is -2.25. The quantitative estimate of drug-likeness (QED) is 0.321. The fourth-order valence-corrected chi connectivity index (χ4v) is 4.91. The van der Waals surface area contributed by atoms with E-state index in [0.29, 0.717) is 35.2 Å². The van der Waals surface area contributed by atoms with Crippen molar-refractivity contribution in [2.45, 2.75) is 58.2 Å². The summed E-state index contributed by atoms with van der Waals surface area (Å²) in [6, 6.07) is 15.6. The molecule has 0 amide bonds. The van der Waals surface area contributed by atoms with Gasteiger partial charge in [0.2, 0.25) is 0 Å². The molecule has 3 aromatic rings. The first-order valence-corrected chi connectivity index (χ1v) is 13.3. The molecule has 0 bridgehead atoms. The highest BCUT2D eigenvalue weighted by Gasteiger charge is 2.31. The second-order valence-electron chi connectivity index (χ2n) is 9.72. The molecule has 1 N–H and O–H groups in total. The van der Waals surface area contributed by atoms with Gasteiger partial charge < -0.3 is 14.6 Å². The first-order valence-electron chi connectivity index (χ1n) is 12.6. The molecule has 1 aliphatic heterocycles. The van der Waals surface area contributed by atoms with Crippen molar-refractivity contribution in [1.82, 2.24) is 14.7 Å². The Morgan fingerprint density at radius 1 is 0.972 bits per heavy atom. The fourth-order valence-electron chi connectivity index (χ4n) is 4.62. The maximum absolute atomic E-state index is 11.1. The number of aromatic nitrogens is 2. The van der Waals surface area contributed by atoms with E-state index >= 15 is 0 Å². The number of hydrogen-bond donors (Lipinski definition) is 1. The fraction of sp³-hybridized carbons (Fsp3) is 0.464. The van der Waals surface area contributed by atoms with Crippen LogP contribution in [0.5, 0.6) is 11.5 Å². The Kier molecular flexibility index (Phi) is 9.18. The Labute approximate surface area is 223 Å². The first kappa shape index (κ1) is 26.8. The second kappa shape index (κ2) is 12.3. The summed E-state index contributed by atoms with van der Waals surface area (Å²) in [6.07, 6.45) is 3.16. The number of nitrogens with zero attached hydrogens (tertiary/aromatic N) is 3. The molecule has 0 spiro atoms. The summed E-state index contributed by atoms with van der Waals surface area (Å²) < 4.78 is 13.9. The highest BCUT2D eigenvalue weighted by molar-refractivity contribution is 6.42. The number of ether oxygens (including phenoxy) is 2. The smallest absolute Gasteiger partial charge is 0.121 e. The van der Waals surface area contributed by atoms with Crippen LogP contribution in [0.4, 0.5) is 0 Å². The highest BCUT2D eigenvalue weighted by Crippen LogP contribution is 2.29. The van der Waals surface area contributed by atoms with Gasteiger partial charge in [-0.2, -0.15) is 5.10 Å². The molecule has 1 aliphatic rings. The number of hydrogen-bond acceptors (Lipinski definition) is 5. The number of benzene rings is 2. The number of rotatable bonds is 10. The van der Waals surface area contributed by atoms with E-state index < -0.39 is 5.60 Å². The lowest BCUT2D eigenvalue weighted by atomic mass is 9.96. The summed E-state index contributed by atoms with van der Waals surface area (Å²) in [5.74, 6) is 1.51. The Morgan fingerprint density at radius 2 is 1.81 bits per heavy atom. The van der Waals surface area contributed by atoms with Crippen molar-refractivity contribution >= 4 is 23.2 Å². The molecule has 0 saturated carbocycles. The number of halogens is 2. The van der Waals surface area contributed by atoms with Gasteiger partial charge in [-0.1, -0.05) is 35.3 Å². The van der Waals surface area contributed by atoms with Crippen molar-refractivity contribution < 1.29 is 14.6 Å². The highest BCUT2D eigenvalue weighted by atomic mass is 35.5. The van der Waals surface area contributed by atoms with Gasteiger partial charge in [-0.25, -0.2) is 0 Å². The van der Waals surface area contributed by atoms with Crippen LogP contribution >= 0.6 is 23.2 Å². The summed E-state index contributed by atoms with van der Waals surface area (Å²) in [5.41, 5.74) is 2.58. The van der Waals surface area contributed by atoms with Crippen molar-refractivity contribution in [3.05, 3.63) is 75.5 Å². The van der Waals surface area contributed by atoms with E-state index in [4.69, 9.17) is 32.7 Å². The molecule has 1 saturated heterocycles. The van der Waals surface area contributed by atoms with Crippen molar-refractivity contribution in [1.29, 1.82) is 0 Å². The second-order valence-corrected chi connectivity index (χ2v) is 10.5. The van der Waals surface area contributed by atoms with Gasteiger partial charge in [0.25, 0.3) is 0 Å². The van der Waals surface area contributed by atoms with Crippen molar-refractivity contribution in [3.8, 4) is 11.5 Å². The molecule has 0 radical (unpaired) electrons. The predicted molar refractivity (Wildman–Crippen MR) is 144 cm³/mol. The molecule has 0 aliphatic carbocycles. The van der Waals surface area contributed by atoms with Crippen molar-refractivity contribution in [3.63, 3.8) is 0 Å². The predicted octanol–water partition coefficient (Wildman–Crippen LogP) is 6.07. The van der Waals surface area contributed by atoms with Crippen LogP contribution in [-0.4, -0.2) is 51.7 Å². The van der Waals surface area contributed by atoms with Gasteiger partial charge in [-0.15, -0.1) is 0 Å². The largest absolute Gasteiger partial charge is 0.494 e.